The van der Waals surface area contributed by atoms with E-state index >= 15 is 0 Å². The Morgan fingerprint density at radius 3 is 2.34 bits per heavy atom. The summed E-state index contributed by atoms with van der Waals surface area (Å²) < 4.78 is 36.4. The second-order valence-corrected chi connectivity index (χ2v) is 14.0. The molecule has 2 heterocycles. The Morgan fingerprint density at radius 1 is 0.864 bits per heavy atom. The zero-order chi connectivity index (χ0) is 31.7. The smallest absolute Gasteiger partial charge is 0.208 e. The van der Waals surface area contributed by atoms with Crippen LogP contribution in [0.3, 0.4) is 0 Å². The molecule has 0 saturated heterocycles. The lowest BCUT2D eigenvalue weighted by Crippen LogP contribution is -2.68. The van der Waals surface area contributed by atoms with Gasteiger partial charge in [0.2, 0.25) is 5.69 Å². The van der Waals surface area contributed by atoms with E-state index in [4.69, 9.17) is 18.6 Å². The number of fused-ring (bicyclic) bond motifs is 4. The molecule has 230 valence electrons. The Balaban J connectivity index is 0.000000712. The summed E-state index contributed by atoms with van der Waals surface area (Å²) >= 11 is 0. The highest BCUT2D eigenvalue weighted by molar-refractivity contribution is 5.94. The molecule has 0 atom stereocenters. The summed E-state index contributed by atoms with van der Waals surface area (Å²) in [6.45, 7) is 10.6. The van der Waals surface area contributed by atoms with Crippen molar-refractivity contribution in [3.63, 3.8) is 0 Å². The lowest BCUT2D eigenvalue weighted by molar-refractivity contribution is -2.00. The Morgan fingerprint density at radius 2 is 1.57 bits per heavy atom. The number of aryl methyl sites for hydroxylation is 1. The fourth-order valence-corrected chi connectivity index (χ4v) is 7.08. The van der Waals surface area contributed by atoms with Crippen LogP contribution in [0, 0.1) is 15.7 Å². The maximum atomic E-state index is 8.49. The monoisotopic (exact) mass is 612 g/mol. The summed E-state index contributed by atoms with van der Waals surface area (Å²) in [4.78, 5) is 2.38. The number of anilines is 1. The molecule has 0 saturated carbocycles. The first kappa shape index (κ1) is 31.9. The molecule has 0 fully saturated rings. The van der Waals surface area contributed by atoms with Crippen molar-refractivity contribution in [2.45, 2.75) is 58.8 Å². The molecule has 0 aromatic heterocycles. The molecule has 0 spiro atoms. The van der Waals surface area contributed by atoms with Gasteiger partial charge in [-0.15, -0.1) is 10.2 Å². The molecule has 1 aliphatic carbocycles. The predicted molar refractivity (Wildman–Crippen MR) is 167 cm³/mol. The lowest BCUT2D eigenvalue weighted by Gasteiger charge is -2.30. The minimum absolute atomic E-state index is 0.0553. The van der Waals surface area contributed by atoms with Crippen LogP contribution in [0.15, 0.2) is 108 Å². The highest BCUT2D eigenvalue weighted by atomic mass is 35.7. The van der Waals surface area contributed by atoms with E-state index in [2.05, 4.69) is 141 Å². The molecule has 0 radical (unpaired) electrons. The quantitative estimate of drug-likeness (QED) is 0.411. The van der Waals surface area contributed by atoms with E-state index in [0.29, 0.717) is 0 Å². The van der Waals surface area contributed by atoms with E-state index in [1.54, 1.807) is 0 Å². The summed E-state index contributed by atoms with van der Waals surface area (Å²) in [6.07, 6.45) is 18.6. The van der Waals surface area contributed by atoms with Gasteiger partial charge in [-0.3, -0.25) is 0 Å². The Labute approximate surface area is 263 Å². The maximum Gasteiger partial charge on any atom is 0.208 e. The van der Waals surface area contributed by atoms with Crippen LogP contribution in [0.5, 0.6) is 0 Å². The van der Waals surface area contributed by atoms with Crippen LogP contribution in [0.25, 0.3) is 10.8 Å². The molecule has 3 aromatic carbocycles. The number of rotatable bonds is 3. The SMILES string of the molecule is CN1/C(=C/C=C/C2=CC(=C/C=[N+]3CCCc4ccccc43)/CC(C)(C)C2)C(C)(C)c2c1ccc1ccccc21.[O-][Cl+3]([O-])([O-])[O-]. The summed E-state index contributed by atoms with van der Waals surface area (Å²) in [6, 6.07) is 22.2. The van der Waals surface area contributed by atoms with Crippen molar-refractivity contribution in [2.24, 2.45) is 5.41 Å². The Kier molecular flexibility index (Phi) is 9.04. The molecule has 6 nitrogen and oxygen atoms in total. The van der Waals surface area contributed by atoms with Crippen molar-refractivity contribution < 1.29 is 33.5 Å². The molecular weight excluding hydrogens is 572 g/mol. The van der Waals surface area contributed by atoms with Crippen molar-refractivity contribution in [3.8, 4) is 0 Å². The Hall–Kier alpha value is -3.52. The third-order valence-electron chi connectivity index (χ3n) is 8.81. The number of benzene rings is 3. The average Bonchev–Trinajstić information content (AvgIpc) is 3.15. The van der Waals surface area contributed by atoms with E-state index in [-0.39, 0.29) is 10.8 Å². The third-order valence-corrected chi connectivity index (χ3v) is 8.81. The molecule has 0 unspecified atom stereocenters. The number of para-hydroxylation sites is 1. The van der Waals surface area contributed by atoms with Crippen LogP contribution >= 0.6 is 0 Å². The second-order valence-electron chi connectivity index (χ2n) is 13.2. The number of nitrogens with zero attached hydrogens (tertiary/aromatic N) is 2. The number of likely N-dealkylation sites (N-methyl/N-ethyl adjacent to an activating group) is 1. The van der Waals surface area contributed by atoms with Gasteiger partial charge in [0.05, 0.1) is 0 Å². The van der Waals surface area contributed by atoms with Crippen LogP contribution in [0.4, 0.5) is 11.4 Å². The zero-order valence-corrected chi connectivity index (χ0v) is 26.9. The number of hydrogen-bond acceptors (Lipinski definition) is 5. The molecule has 3 aromatic rings. The van der Waals surface area contributed by atoms with Crippen LogP contribution in [0.2, 0.25) is 0 Å². The predicted octanol–water partition coefficient (Wildman–Crippen LogP) is 4.29. The largest absolute Gasteiger partial charge is 0.347 e. The van der Waals surface area contributed by atoms with Gasteiger partial charge < -0.3 is 4.90 Å². The van der Waals surface area contributed by atoms with Crippen molar-refractivity contribution in [2.75, 3.05) is 18.5 Å². The summed E-state index contributed by atoms with van der Waals surface area (Å²) in [7, 11) is -2.74. The molecule has 44 heavy (non-hydrogen) atoms. The van der Waals surface area contributed by atoms with Crippen LogP contribution in [-0.4, -0.2) is 24.4 Å². The average molecular weight is 613 g/mol. The molecular formula is C37H41ClN2O4. The van der Waals surface area contributed by atoms with Gasteiger partial charge in [0, 0.05) is 48.0 Å². The van der Waals surface area contributed by atoms with Gasteiger partial charge in [0.25, 0.3) is 0 Å². The molecule has 2 aliphatic heterocycles. The van der Waals surface area contributed by atoms with Gasteiger partial charge in [0.1, 0.15) is 6.54 Å². The van der Waals surface area contributed by atoms with Gasteiger partial charge in [0.15, 0.2) is 6.21 Å². The van der Waals surface area contributed by atoms with Gasteiger partial charge >= 0.3 is 0 Å². The van der Waals surface area contributed by atoms with E-state index < -0.39 is 10.2 Å². The topological polar surface area (TPSA) is 98.5 Å². The fraction of sp³-hybridized carbons (Fsp3) is 0.324. The first-order valence-corrected chi connectivity index (χ1v) is 16.3. The van der Waals surface area contributed by atoms with E-state index in [9.17, 15) is 0 Å². The normalized spacial score (nSPS) is 21.8. The maximum absolute atomic E-state index is 8.49. The molecule has 0 N–H and O–H groups in total. The first-order valence-electron chi connectivity index (χ1n) is 15.1. The lowest BCUT2D eigenvalue weighted by atomic mass is 9.75. The number of allylic oxidation sites excluding steroid dienone is 8. The summed E-state index contributed by atoms with van der Waals surface area (Å²) in [5, 5.41) is 2.67. The van der Waals surface area contributed by atoms with Gasteiger partial charge in [-0.05, 0) is 64.3 Å². The number of halogens is 1. The highest BCUT2D eigenvalue weighted by Gasteiger charge is 2.39. The van der Waals surface area contributed by atoms with E-state index in [1.807, 2.05) is 0 Å². The van der Waals surface area contributed by atoms with Crippen LogP contribution in [-0.2, 0) is 11.8 Å². The summed E-state index contributed by atoms with van der Waals surface area (Å²) in [5.74, 6) is 0. The second kappa shape index (κ2) is 12.5. The molecule has 7 heteroatoms. The first-order chi connectivity index (χ1) is 20.7. The molecule has 6 rings (SSSR count). The van der Waals surface area contributed by atoms with Gasteiger partial charge in [-0.2, -0.15) is 4.58 Å². The highest BCUT2D eigenvalue weighted by Crippen LogP contribution is 2.50. The molecule has 0 amide bonds. The van der Waals surface area contributed by atoms with Crippen molar-refractivity contribution in [1.82, 2.24) is 0 Å². The van der Waals surface area contributed by atoms with E-state index in [1.165, 1.54) is 63.0 Å². The van der Waals surface area contributed by atoms with Crippen LogP contribution < -0.4 is 23.5 Å². The standard InChI is InChI=1S/C37H41N2.ClHO4/c1-36(2)25-27(24-28(26-36)21-23-39-22-11-15-30-14-7-9-17-32(30)39)12-10-18-34-37(3,4)35-31-16-8-6-13-29(31)19-20-33(35)38(34)5;2-1(3,4)5/h6-10,12-14,16-21,23-24H,11,15,22,25-26H2,1-5H3;(H,2,3,4,5)/q+1;/p-1. The minimum atomic E-state index is -4.94. The van der Waals surface area contributed by atoms with Crippen molar-refractivity contribution >= 4 is 28.4 Å². The minimum Gasteiger partial charge on any atom is -0.347 e. The fourth-order valence-electron chi connectivity index (χ4n) is 7.08. The third kappa shape index (κ3) is 7.23. The Bertz CT molecular complexity index is 1700. The van der Waals surface area contributed by atoms with E-state index in [0.717, 1.165) is 19.4 Å². The van der Waals surface area contributed by atoms with Gasteiger partial charge in [-0.25, -0.2) is 18.6 Å². The van der Waals surface area contributed by atoms with Crippen LogP contribution in [0.1, 0.15) is 58.1 Å². The van der Waals surface area contributed by atoms with Crippen molar-refractivity contribution in [3.05, 3.63) is 119 Å². The molecule has 3 aliphatic rings. The zero-order valence-electron chi connectivity index (χ0n) is 26.2. The molecule has 0 bridgehead atoms. The van der Waals surface area contributed by atoms with Gasteiger partial charge in [-0.1, -0.05) is 94.5 Å². The number of hydrogen-bond donors (Lipinski definition) is 0. The van der Waals surface area contributed by atoms with Crippen molar-refractivity contribution in [1.29, 1.82) is 0 Å². The summed E-state index contributed by atoms with van der Waals surface area (Å²) in [5.41, 5.74) is 9.93.